The number of hydrogen-bond donors (Lipinski definition) is 2. The fraction of sp³-hybridized carbons (Fsp3) is 0.143. The molecule has 0 heterocycles. The predicted octanol–water partition coefficient (Wildman–Crippen LogP) is 1.91. The summed E-state index contributed by atoms with van der Waals surface area (Å²) in [5.74, 6) is 0.459. The molecule has 5 heteroatoms. The Morgan fingerprint density at radius 2 is 1.95 bits per heavy atom. The van der Waals surface area contributed by atoms with Gasteiger partial charge in [0.05, 0.1) is 0 Å². The van der Waals surface area contributed by atoms with Crippen LogP contribution in [0.1, 0.15) is 11.1 Å². The van der Waals surface area contributed by atoms with Gasteiger partial charge in [-0.25, -0.2) is 0 Å². The van der Waals surface area contributed by atoms with Crippen LogP contribution < -0.4 is 10.2 Å². The molecule has 2 rings (SSSR count). The molecule has 0 radical (unpaired) electrons. The quantitative estimate of drug-likeness (QED) is 0.839. The maximum absolute atomic E-state index is 9.32. The Balaban J connectivity index is 2.15. The average Bonchev–Trinajstić information content (AvgIpc) is 2.37. The Bertz CT molecular complexity index is 572. The molecule has 0 aliphatic heterocycles. The minimum Gasteiger partial charge on any atom is -0.489 e. The molecule has 0 amide bonds. The van der Waals surface area contributed by atoms with Gasteiger partial charge in [-0.1, -0.05) is 41.4 Å². The first-order chi connectivity index (χ1) is 9.06. The summed E-state index contributed by atoms with van der Waals surface area (Å²) >= 11 is 5.89. The average molecular weight is 277 g/mol. The number of hydrogen-bond acceptors (Lipinski definition) is 3. The van der Waals surface area contributed by atoms with Gasteiger partial charge in [-0.05, 0) is 30.7 Å². The maximum Gasteiger partial charge on any atom is 0.492 e. The van der Waals surface area contributed by atoms with E-state index < -0.39 is 7.12 Å². The lowest BCUT2D eigenvalue weighted by molar-refractivity contribution is 0.306. The van der Waals surface area contributed by atoms with Crippen molar-refractivity contribution in [2.24, 2.45) is 0 Å². The molecule has 0 fully saturated rings. The van der Waals surface area contributed by atoms with Gasteiger partial charge in [-0.15, -0.1) is 0 Å². The van der Waals surface area contributed by atoms with E-state index >= 15 is 0 Å². The summed E-state index contributed by atoms with van der Waals surface area (Å²) in [7, 11) is -1.55. The minimum atomic E-state index is -1.55. The van der Waals surface area contributed by atoms with Crippen LogP contribution in [0.4, 0.5) is 0 Å². The predicted molar refractivity (Wildman–Crippen MR) is 76.8 cm³/mol. The van der Waals surface area contributed by atoms with Crippen LogP contribution in [0.15, 0.2) is 42.5 Å². The van der Waals surface area contributed by atoms with E-state index in [2.05, 4.69) is 0 Å². The Hall–Kier alpha value is -1.49. The standard InChI is InChI=1S/C14H14BClO3/c1-10-5-6-14(13(7-10)15(17)18)19-9-11-3-2-4-12(16)8-11/h2-8,17-18H,9H2,1H3. The molecule has 0 aliphatic carbocycles. The third-order valence-electron chi connectivity index (χ3n) is 2.73. The molecular formula is C14H14BClO3. The number of halogens is 1. The van der Waals surface area contributed by atoms with E-state index in [1.165, 1.54) is 0 Å². The van der Waals surface area contributed by atoms with Crippen LogP contribution in [0.2, 0.25) is 5.02 Å². The lowest BCUT2D eigenvalue weighted by atomic mass is 9.79. The molecule has 2 aromatic rings. The Labute approximate surface area is 117 Å². The van der Waals surface area contributed by atoms with E-state index in [1.807, 2.05) is 31.2 Å². The van der Waals surface area contributed by atoms with E-state index in [-0.39, 0.29) is 0 Å². The molecule has 2 N–H and O–H groups in total. The van der Waals surface area contributed by atoms with Crippen molar-refractivity contribution in [3.63, 3.8) is 0 Å². The molecular weight excluding hydrogens is 262 g/mol. The Kier molecular flexibility index (Phi) is 4.48. The summed E-state index contributed by atoms with van der Waals surface area (Å²) in [4.78, 5) is 0. The molecule has 3 nitrogen and oxygen atoms in total. The van der Waals surface area contributed by atoms with Gasteiger partial charge in [0.15, 0.2) is 0 Å². The zero-order chi connectivity index (χ0) is 13.8. The van der Waals surface area contributed by atoms with Crippen LogP contribution in [0.5, 0.6) is 5.75 Å². The van der Waals surface area contributed by atoms with Gasteiger partial charge in [-0.3, -0.25) is 0 Å². The van der Waals surface area contributed by atoms with E-state index in [1.54, 1.807) is 18.2 Å². The van der Waals surface area contributed by atoms with Gasteiger partial charge in [0, 0.05) is 10.5 Å². The van der Waals surface area contributed by atoms with Crippen LogP contribution in [0.25, 0.3) is 0 Å². The van der Waals surface area contributed by atoms with Gasteiger partial charge in [-0.2, -0.15) is 0 Å². The van der Waals surface area contributed by atoms with E-state index in [4.69, 9.17) is 16.3 Å². The second kappa shape index (κ2) is 6.11. The summed E-state index contributed by atoms with van der Waals surface area (Å²) in [5, 5.41) is 19.3. The summed E-state index contributed by atoms with van der Waals surface area (Å²) in [6.45, 7) is 2.20. The van der Waals surface area contributed by atoms with Gasteiger partial charge in [0.2, 0.25) is 0 Å². The normalized spacial score (nSPS) is 10.3. The fourth-order valence-electron chi connectivity index (χ4n) is 1.79. The number of ether oxygens (including phenoxy) is 1. The van der Waals surface area contributed by atoms with Crippen molar-refractivity contribution >= 4 is 24.2 Å². The third-order valence-corrected chi connectivity index (χ3v) is 2.96. The summed E-state index contributed by atoms with van der Waals surface area (Å²) in [5.41, 5.74) is 2.23. The van der Waals surface area contributed by atoms with Crippen LogP contribution >= 0.6 is 11.6 Å². The van der Waals surface area contributed by atoms with Crippen molar-refractivity contribution in [3.05, 3.63) is 58.6 Å². The second-order valence-corrected chi connectivity index (χ2v) is 4.77. The molecule has 2 aromatic carbocycles. The van der Waals surface area contributed by atoms with Crippen molar-refractivity contribution in [2.75, 3.05) is 0 Å². The minimum absolute atomic E-state index is 0.323. The van der Waals surface area contributed by atoms with E-state index in [0.717, 1.165) is 11.1 Å². The fourth-order valence-corrected chi connectivity index (χ4v) is 2.00. The molecule has 0 spiro atoms. The molecule has 0 unspecified atom stereocenters. The maximum atomic E-state index is 9.32. The van der Waals surface area contributed by atoms with Crippen molar-refractivity contribution in [2.45, 2.75) is 13.5 Å². The van der Waals surface area contributed by atoms with Crippen LogP contribution in [-0.4, -0.2) is 17.2 Å². The Morgan fingerprint density at radius 3 is 2.63 bits per heavy atom. The molecule has 0 aromatic heterocycles. The lowest BCUT2D eigenvalue weighted by Gasteiger charge is -2.12. The molecule has 0 aliphatic rings. The first kappa shape index (κ1) is 13.9. The highest BCUT2D eigenvalue weighted by Crippen LogP contribution is 2.15. The Morgan fingerprint density at radius 1 is 1.16 bits per heavy atom. The molecule has 0 saturated heterocycles. The van der Waals surface area contributed by atoms with Gasteiger partial charge in [0.1, 0.15) is 12.4 Å². The smallest absolute Gasteiger partial charge is 0.489 e. The largest absolute Gasteiger partial charge is 0.492 e. The highest BCUT2D eigenvalue weighted by atomic mass is 35.5. The van der Waals surface area contributed by atoms with E-state index in [0.29, 0.717) is 22.8 Å². The highest BCUT2D eigenvalue weighted by Gasteiger charge is 2.17. The summed E-state index contributed by atoms with van der Waals surface area (Å²) < 4.78 is 5.62. The third kappa shape index (κ3) is 3.74. The van der Waals surface area contributed by atoms with Gasteiger partial charge < -0.3 is 14.8 Å². The SMILES string of the molecule is Cc1ccc(OCc2cccc(Cl)c2)c(B(O)O)c1. The zero-order valence-corrected chi connectivity index (χ0v) is 11.3. The number of benzene rings is 2. The monoisotopic (exact) mass is 276 g/mol. The highest BCUT2D eigenvalue weighted by molar-refractivity contribution is 6.59. The topological polar surface area (TPSA) is 49.7 Å². The van der Waals surface area contributed by atoms with Crippen molar-refractivity contribution in [3.8, 4) is 5.75 Å². The first-order valence-electron chi connectivity index (χ1n) is 5.90. The molecule has 0 atom stereocenters. The summed E-state index contributed by atoms with van der Waals surface area (Å²) in [6, 6.07) is 12.6. The lowest BCUT2D eigenvalue weighted by Crippen LogP contribution is -2.31. The first-order valence-corrected chi connectivity index (χ1v) is 6.28. The van der Waals surface area contributed by atoms with Crippen molar-refractivity contribution in [1.29, 1.82) is 0 Å². The number of aryl methyl sites for hydroxylation is 1. The number of rotatable bonds is 4. The van der Waals surface area contributed by atoms with Crippen LogP contribution in [-0.2, 0) is 6.61 Å². The van der Waals surface area contributed by atoms with Crippen LogP contribution in [0, 0.1) is 6.92 Å². The van der Waals surface area contributed by atoms with E-state index in [9.17, 15) is 10.0 Å². The van der Waals surface area contributed by atoms with Crippen LogP contribution in [0.3, 0.4) is 0 Å². The summed E-state index contributed by atoms with van der Waals surface area (Å²) in [6.07, 6.45) is 0. The van der Waals surface area contributed by atoms with Crippen molar-refractivity contribution in [1.82, 2.24) is 0 Å². The van der Waals surface area contributed by atoms with Crippen molar-refractivity contribution < 1.29 is 14.8 Å². The van der Waals surface area contributed by atoms with Gasteiger partial charge in [0.25, 0.3) is 0 Å². The molecule has 0 bridgehead atoms. The van der Waals surface area contributed by atoms with Gasteiger partial charge >= 0.3 is 7.12 Å². The molecule has 98 valence electrons. The second-order valence-electron chi connectivity index (χ2n) is 4.33. The molecule has 19 heavy (non-hydrogen) atoms. The molecule has 0 saturated carbocycles. The zero-order valence-electron chi connectivity index (χ0n) is 10.5.